The van der Waals surface area contributed by atoms with E-state index in [1.54, 1.807) is 0 Å². The van der Waals surface area contributed by atoms with Crippen LogP contribution in [0.5, 0.6) is 0 Å². The molecular weight excluding hydrogens is 554 g/mol. The summed E-state index contributed by atoms with van der Waals surface area (Å²) in [7, 11) is -2.98. The normalized spacial score (nSPS) is 28.5. The summed E-state index contributed by atoms with van der Waals surface area (Å²) >= 11 is 1.47. The number of hydrogen-bond acceptors (Lipinski definition) is 7. The number of nitriles is 1. The molecule has 3 aliphatic carbocycles. The van der Waals surface area contributed by atoms with E-state index in [1.165, 1.54) is 11.3 Å². The minimum absolute atomic E-state index is 0.105. The summed E-state index contributed by atoms with van der Waals surface area (Å²) in [5.74, 6) is -3.25. The van der Waals surface area contributed by atoms with Crippen LogP contribution in [0.4, 0.5) is 14.5 Å². The fourth-order valence-electron chi connectivity index (χ4n) is 6.43. The highest BCUT2D eigenvalue weighted by molar-refractivity contribution is 7.91. The van der Waals surface area contributed by atoms with Gasteiger partial charge in [0, 0.05) is 49.4 Å². The van der Waals surface area contributed by atoms with Crippen LogP contribution in [0.3, 0.4) is 0 Å². The molecule has 1 amide bonds. The van der Waals surface area contributed by atoms with Crippen molar-refractivity contribution in [1.29, 1.82) is 5.26 Å². The van der Waals surface area contributed by atoms with Crippen LogP contribution in [0.2, 0.25) is 0 Å². The molecule has 214 valence electrons. The molecule has 1 saturated heterocycles. The van der Waals surface area contributed by atoms with Gasteiger partial charge in [-0.05, 0) is 49.8 Å². The lowest BCUT2D eigenvalue weighted by molar-refractivity contribution is -0.127. The molecule has 40 heavy (non-hydrogen) atoms. The van der Waals surface area contributed by atoms with Crippen LogP contribution >= 0.6 is 11.3 Å². The Balaban J connectivity index is 1.32. The molecule has 0 radical (unpaired) electrons. The van der Waals surface area contributed by atoms with Gasteiger partial charge in [0.1, 0.15) is 5.54 Å². The number of anilines is 1. The number of nitrogens with zero attached hydrogens (tertiary/aromatic N) is 3. The fourth-order valence-corrected chi connectivity index (χ4v) is 8.90. The molecule has 1 unspecified atom stereocenters. The van der Waals surface area contributed by atoms with Crippen molar-refractivity contribution in [3.8, 4) is 16.5 Å². The highest BCUT2D eigenvalue weighted by Crippen LogP contribution is 2.50. The zero-order valence-electron chi connectivity index (χ0n) is 22.4. The van der Waals surface area contributed by atoms with E-state index in [0.717, 1.165) is 41.1 Å². The predicted octanol–water partition coefficient (Wildman–Crippen LogP) is 5.39. The minimum Gasteiger partial charge on any atom is -0.369 e. The van der Waals surface area contributed by atoms with Crippen molar-refractivity contribution in [3.05, 3.63) is 35.0 Å². The minimum atomic E-state index is -2.98. The number of halogens is 2. The van der Waals surface area contributed by atoms with Crippen LogP contribution in [0.1, 0.15) is 80.3 Å². The van der Waals surface area contributed by atoms with E-state index in [-0.39, 0.29) is 48.0 Å². The molecular formula is C29H34F2N4O3S2. The van der Waals surface area contributed by atoms with Crippen molar-refractivity contribution in [3.63, 3.8) is 0 Å². The van der Waals surface area contributed by atoms with Gasteiger partial charge in [-0.3, -0.25) is 4.79 Å². The van der Waals surface area contributed by atoms with Crippen LogP contribution in [0.25, 0.3) is 10.4 Å². The number of amides is 1. The molecule has 3 atom stereocenters. The number of thiazole rings is 1. The molecule has 6 rings (SSSR count). The number of carbonyl (C=O) groups is 1. The number of benzene rings is 1. The van der Waals surface area contributed by atoms with Crippen molar-refractivity contribution in [2.24, 2.45) is 5.92 Å². The largest absolute Gasteiger partial charge is 0.369 e. The van der Waals surface area contributed by atoms with Gasteiger partial charge in [0.05, 0.1) is 33.2 Å². The van der Waals surface area contributed by atoms with E-state index in [9.17, 15) is 27.3 Å². The van der Waals surface area contributed by atoms with Crippen molar-refractivity contribution < 1.29 is 22.0 Å². The first-order chi connectivity index (χ1) is 19.1. The molecule has 2 aromatic rings. The Morgan fingerprint density at radius 1 is 1.07 bits per heavy atom. The summed E-state index contributed by atoms with van der Waals surface area (Å²) in [6, 6.07) is 10.2. The third kappa shape index (κ3) is 5.62. The highest BCUT2D eigenvalue weighted by atomic mass is 32.2. The Hall–Kier alpha value is -2.58. The maximum Gasteiger partial charge on any atom is 0.248 e. The third-order valence-electron chi connectivity index (χ3n) is 9.04. The smallest absolute Gasteiger partial charge is 0.248 e. The zero-order chi connectivity index (χ0) is 28.1. The lowest BCUT2D eigenvalue weighted by atomic mass is 9.76. The lowest BCUT2D eigenvalue weighted by Crippen LogP contribution is -2.42. The predicted molar refractivity (Wildman–Crippen MR) is 150 cm³/mol. The summed E-state index contributed by atoms with van der Waals surface area (Å²) in [5.41, 5.74) is 1.95. The number of aromatic nitrogens is 1. The van der Waals surface area contributed by atoms with E-state index < -0.39 is 21.3 Å². The molecule has 1 aliphatic heterocycles. The number of alkyl halides is 2. The first kappa shape index (κ1) is 27.6. The van der Waals surface area contributed by atoms with Crippen LogP contribution in [-0.2, 0) is 14.6 Å². The average Bonchev–Trinajstić information content (AvgIpc) is 3.41. The summed E-state index contributed by atoms with van der Waals surface area (Å²) in [4.78, 5) is 21.4. The van der Waals surface area contributed by atoms with Gasteiger partial charge in [-0.2, -0.15) is 5.26 Å². The van der Waals surface area contributed by atoms with Crippen LogP contribution in [-0.4, -0.2) is 55.4 Å². The number of sulfone groups is 1. The second-order valence-corrected chi connectivity index (χ2v) is 15.3. The number of rotatable bonds is 6. The van der Waals surface area contributed by atoms with E-state index in [0.29, 0.717) is 43.8 Å². The molecule has 0 bridgehead atoms. The van der Waals surface area contributed by atoms with E-state index >= 15 is 0 Å². The second-order valence-electron chi connectivity index (χ2n) is 11.9. The summed E-state index contributed by atoms with van der Waals surface area (Å²) in [6.07, 6.45) is 4.79. The molecule has 4 fully saturated rings. The molecule has 1 N–H and O–H groups in total. The Bertz CT molecular complexity index is 1420. The zero-order valence-corrected chi connectivity index (χ0v) is 24.0. The van der Waals surface area contributed by atoms with Crippen LogP contribution < -0.4 is 10.2 Å². The maximum absolute atomic E-state index is 14.2. The first-order valence-electron chi connectivity index (χ1n) is 14.2. The van der Waals surface area contributed by atoms with Crippen molar-refractivity contribution in [2.45, 2.75) is 81.1 Å². The molecule has 7 nitrogen and oxygen atoms in total. The maximum atomic E-state index is 14.2. The fraction of sp³-hybridized carbons (Fsp3) is 0.621. The molecule has 0 spiro atoms. The lowest BCUT2D eigenvalue weighted by Gasteiger charge is -2.31. The van der Waals surface area contributed by atoms with Gasteiger partial charge < -0.3 is 10.2 Å². The van der Waals surface area contributed by atoms with E-state index in [2.05, 4.69) is 16.3 Å². The van der Waals surface area contributed by atoms with Gasteiger partial charge >= 0.3 is 0 Å². The SMILES string of the molecule is N#CC1(NC(=O)[C@@H]2CCCC[C@H]2c2nc(C3CCC(F)(F)C3)sc2-c2ccc(N3CCS(=O)(=O)CC3)cc2)CC1. The summed E-state index contributed by atoms with van der Waals surface area (Å²) in [5, 5.41) is 13.2. The highest BCUT2D eigenvalue weighted by Gasteiger charge is 2.47. The van der Waals surface area contributed by atoms with Gasteiger partial charge in [0.2, 0.25) is 11.8 Å². The number of carbonyl (C=O) groups excluding carboxylic acids is 1. The summed E-state index contributed by atoms with van der Waals surface area (Å²) < 4.78 is 52.0. The topological polar surface area (TPSA) is 103 Å². The first-order valence-corrected chi connectivity index (χ1v) is 16.9. The summed E-state index contributed by atoms with van der Waals surface area (Å²) in [6.45, 7) is 0.910. The standard InChI is InChI=1S/C29H34F2N4O3S2/c30-29(31)10-9-20(17-29)27-33-24(22-3-1-2-4-23(22)26(36)34-28(18-32)11-12-28)25(39-27)19-5-7-21(8-6-19)35-13-15-40(37,38)16-14-35/h5-8,20,22-23H,1-4,9-17H2,(H,34,36)/t20?,22-,23-/m1/s1. The number of nitrogens with one attached hydrogen (secondary N) is 1. The van der Waals surface area contributed by atoms with Crippen LogP contribution in [0.15, 0.2) is 24.3 Å². The molecule has 4 aliphatic rings. The van der Waals surface area contributed by atoms with Crippen LogP contribution in [0, 0.1) is 17.2 Å². The quantitative estimate of drug-likeness (QED) is 0.485. The molecule has 1 aromatic carbocycles. The Kier molecular flexibility index (Phi) is 7.14. The van der Waals surface area contributed by atoms with Gasteiger partial charge in [-0.15, -0.1) is 11.3 Å². The van der Waals surface area contributed by atoms with Crippen molar-refractivity contribution >= 4 is 32.8 Å². The van der Waals surface area contributed by atoms with Crippen molar-refractivity contribution in [1.82, 2.24) is 10.3 Å². The molecule has 1 aromatic heterocycles. The number of hydrogen-bond donors (Lipinski definition) is 1. The third-order valence-corrected chi connectivity index (χ3v) is 11.9. The Morgan fingerprint density at radius 2 is 1.77 bits per heavy atom. The monoisotopic (exact) mass is 588 g/mol. The second kappa shape index (κ2) is 10.4. The van der Waals surface area contributed by atoms with Gasteiger partial charge in [0.25, 0.3) is 0 Å². The van der Waals surface area contributed by atoms with Gasteiger partial charge in [0.15, 0.2) is 9.84 Å². The molecule has 3 saturated carbocycles. The van der Waals surface area contributed by atoms with Gasteiger partial charge in [-0.1, -0.05) is 25.0 Å². The van der Waals surface area contributed by atoms with E-state index in [1.807, 2.05) is 24.3 Å². The Labute approximate surface area is 237 Å². The van der Waals surface area contributed by atoms with Gasteiger partial charge in [-0.25, -0.2) is 22.2 Å². The Morgan fingerprint density at radius 3 is 2.40 bits per heavy atom. The molecule has 2 heterocycles. The van der Waals surface area contributed by atoms with Crippen molar-refractivity contribution in [2.75, 3.05) is 29.5 Å². The molecule has 11 heteroatoms. The average molecular weight is 589 g/mol. The van der Waals surface area contributed by atoms with E-state index in [4.69, 9.17) is 4.98 Å².